The largest absolute Gasteiger partial charge is 0.435 e. The first-order valence-electron chi connectivity index (χ1n) is 7.93. The number of hydrogen-bond acceptors (Lipinski definition) is 3. The normalized spacial score (nSPS) is 14.2. The third-order valence-electron chi connectivity index (χ3n) is 3.82. The van der Waals surface area contributed by atoms with Crippen molar-refractivity contribution in [1.29, 1.82) is 0 Å². The second-order valence-corrected chi connectivity index (χ2v) is 6.16. The first-order chi connectivity index (χ1) is 11.6. The molecule has 2 aromatic rings. The third kappa shape index (κ3) is 4.82. The predicted molar refractivity (Wildman–Crippen MR) is 87.9 cm³/mol. The van der Waals surface area contributed by atoms with Gasteiger partial charge in [-0.25, -0.2) is 4.68 Å². The highest BCUT2D eigenvalue weighted by Gasteiger charge is 2.33. The lowest BCUT2D eigenvalue weighted by molar-refractivity contribution is -0.141. The average molecular weight is 354 g/mol. The van der Waals surface area contributed by atoms with Gasteiger partial charge in [-0.05, 0) is 37.1 Å². The number of rotatable bonds is 6. The topological polar surface area (TPSA) is 72.9 Å². The van der Waals surface area contributed by atoms with Crippen LogP contribution in [0, 0.1) is 0 Å². The van der Waals surface area contributed by atoms with Crippen LogP contribution in [-0.4, -0.2) is 21.2 Å². The molecule has 136 valence electrons. The van der Waals surface area contributed by atoms with Crippen LogP contribution in [0.15, 0.2) is 36.5 Å². The van der Waals surface area contributed by atoms with Gasteiger partial charge in [-0.2, -0.15) is 18.3 Å². The zero-order valence-corrected chi connectivity index (χ0v) is 14.1. The molecule has 1 atom stereocenters. The quantitative estimate of drug-likeness (QED) is 0.837. The van der Waals surface area contributed by atoms with E-state index in [4.69, 9.17) is 5.73 Å². The van der Waals surface area contributed by atoms with E-state index in [0.29, 0.717) is 18.7 Å². The van der Waals surface area contributed by atoms with Crippen LogP contribution >= 0.6 is 0 Å². The Balaban J connectivity index is 2.01. The lowest BCUT2D eigenvalue weighted by Gasteiger charge is -2.22. The minimum absolute atomic E-state index is 0.236. The van der Waals surface area contributed by atoms with Crippen LogP contribution in [-0.2, 0) is 17.5 Å². The molecular weight excluding hydrogens is 333 g/mol. The van der Waals surface area contributed by atoms with Crippen LogP contribution in [0.5, 0.6) is 0 Å². The summed E-state index contributed by atoms with van der Waals surface area (Å²) in [7, 11) is 0. The summed E-state index contributed by atoms with van der Waals surface area (Å²) in [5.41, 5.74) is 5.41. The van der Waals surface area contributed by atoms with Crippen molar-refractivity contribution in [3.8, 4) is 5.69 Å². The average Bonchev–Trinajstić information content (AvgIpc) is 3.03. The van der Waals surface area contributed by atoms with Gasteiger partial charge in [0, 0.05) is 12.7 Å². The maximum atomic E-state index is 12.6. The maximum Gasteiger partial charge on any atom is 0.435 e. The first-order valence-corrected chi connectivity index (χ1v) is 7.93. The molecule has 1 heterocycles. The van der Waals surface area contributed by atoms with Crippen molar-refractivity contribution in [3.63, 3.8) is 0 Å². The number of carbonyl (C=O) groups is 1. The Labute approximate surface area is 144 Å². The minimum atomic E-state index is -4.47. The lowest BCUT2D eigenvalue weighted by Crippen LogP contribution is -2.51. The summed E-state index contributed by atoms with van der Waals surface area (Å²) in [6.07, 6.45) is -1.83. The minimum Gasteiger partial charge on any atom is -0.350 e. The van der Waals surface area contributed by atoms with E-state index in [1.54, 1.807) is 31.2 Å². The van der Waals surface area contributed by atoms with Gasteiger partial charge in [-0.1, -0.05) is 25.5 Å². The van der Waals surface area contributed by atoms with Crippen LogP contribution < -0.4 is 11.1 Å². The van der Waals surface area contributed by atoms with E-state index in [9.17, 15) is 18.0 Å². The number of alkyl halides is 3. The molecule has 0 fully saturated rings. The zero-order chi connectivity index (χ0) is 18.7. The third-order valence-corrected chi connectivity index (χ3v) is 3.82. The fourth-order valence-corrected chi connectivity index (χ4v) is 2.40. The summed E-state index contributed by atoms with van der Waals surface area (Å²) in [6, 6.07) is 7.64. The van der Waals surface area contributed by atoms with Crippen LogP contribution in [0.2, 0.25) is 0 Å². The van der Waals surface area contributed by atoms with E-state index in [1.165, 1.54) is 6.20 Å². The van der Waals surface area contributed by atoms with Gasteiger partial charge < -0.3 is 11.1 Å². The number of nitrogens with one attached hydrogen (secondary N) is 1. The number of amides is 1. The maximum absolute atomic E-state index is 12.6. The Hall–Kier alpha value is -2.35. The molecule has 1 amide bonds. The van der Waals surface area contributed by atoms with E-state index < -0.39 is 17.4 Å². The molecule has 0 aliphatic heterocycles. The van der Waals surface area contributed by atoms with Gasteiger partial charge in [0.05, 0.1) is 11.2 Å². The summed E-state index contributed by atoms with van der Waals surface area (Å²) in [4.78, 5) is 12.1. The number of benzene rings is 1. The monoisotopic (exact) mass is 354 g/mol. The molecule has 0 saturated heterocycles. The molecule has 0 bridgehead atoms. The molecule has 0 aliphatic rings. The zero-order valence-electron chi connectivity index (χ0n) is 14.1. The van der Waals surface area contributed by atoms with Gasteiger partial charge in [-0.15, -0.1) is 0 Å². The molecule has 1 unspecified atom stereocenters. The number of carbonyl (C=O) groups excluding carboxylic acids is 1. The Morgan fingerprint density at radius 2 is 1.88 bits per heavy atom. The van der Waals surface area contributed by atoms with Crippen molar-refractivity contribution in [1.82, 2.24) is 15.1 Å². The van der Waals surface area contributed by atoms with E-state index in [-0.39, 0.29) is 5.91 Å². The van der Waals surface area contributed by atoms with Gasteiger partial charge >= 0.3 is 6.18 Å². The Morgan fingerprint density at radius 3 is 2.40 bits per heavy atom. The molecule has 0 radical (unpaired) electrons. The molecule has 3 N–H and O–H groups in total. The molecule has 1 aromatic carbocycles. The molecule has 0 aliphatic carbocycles. The molecule has 0 spiro atoms. The molecule has 0 saturated carbocycles. The molecule has 25 heavy (non-hydrogen) atoms. The number of nitrogens with two attached hydrogens (primary N) is 1. The van der Waals surface area contributed by atoms with Crippen molar-refractivity contribution in [3.05, 3.63) is 47.8 Å². The van der Waals surface area contributed by atoms with Crippen molar-refractivity contribution in [2.45, 2.75) is 44.9 Å². The lowest BCUT2D eigenvalue weighted by atomic mass is 9.96. The van der Waals surface area contributed by atoms with Crippen LogP contribution in [0.1, 0.15) is 37.9 Å². The summed E-state index contributed by atoms with van der Waals surface area (Å²) in [5.74, 6) is -0.236. The van der Waals surface area contributed by atoms with Gasteiger partial charge in [-0.3, -0.25) is 4.79 Å². The second-order valence-electron chi connectivity index (χ2n) is 6.16. The summed E-state index contributed by atoms with van der Waals surface area (Å²) >= 11 is 0. The molecule has 2 rings (SSSR count). The smallest absolute Gasteiger partial charge is 0.350 e. The van der Waals surface area contributed by atoms with E-state index in [0.717, 1.165) is 22.7 Å². The second kappa shape index (κ2) is 7.26. The Bertz CT molecular complexity index is 720. The molecule has 1 aromatic heterocycles. The van der Waals surface area contributed by atoms with Crippen LogP contribution in [0.25, 0.3) is 5.69 Å². The fourth-order valence-electron chi connectivity index (χ4n) is 2.40. The van der Waals surface area contributed by atoms with Gasteiger partial charge in [0.2, 0.25) is 5.91 Å². The number of halogens is 3. The van der Waals surface area contributed by atoms with Gasteiger partial charge in [0.25, 0.3) is 0 Å². The van der Waals surface area contributed by atoms with E-state index >= 15 is 0 Å². The fraction of sp³-hybridized carbons (Fsp3) is 0.412. The SMILES string of the molecule is CCCC(C)(N)C(=O)NCc1ccc(-n2ccc(C(F)(F)F)n2)cc1. The predicted octanol–water partition coefficient (Wildman–Crippen LogP) is 3.02. The summed E-state index contributed by atoms with van der Waals surface area (Å²) in [6.45, 7) is 3.93. The highest BCUT2D eigenvalue weighted by molar-refractivity contribution is 5.85. The Morgan fingerprint density at radius 1 is 1.24 bits per heavy atom. The molecular formula is C17H21F3N4O. The number of aromatic nitrogens is 2. The van der Waals surface area contributed by atoms with Gasteiger partial charge in [0.15, 0.2) is 5.69 Å². The highest BCUT2D eigenvalue weighted by atomic mass is 19.4. The number of hydrogen-bond donors (Lipinski definition) is 2. The van der Waals surface area contributed by atoms with E-state index in [2.05, 4.69) is 10.4 Å². The van der Waals surface area contributed by atoms with Crippen molar-refractivity contribution in [2.24, 2.45) is 5.73 Å². The van der Waals surface area contributed by atoms with Crippen molar-refractivity contribution in [2.75, 3.05) is 0 Å². The first kappa shape index (κ1) is 19.0. The van der Waals surface area contributed by atoms with Crippen molar-refractivity contribution >= 4 is 5.91 Å². The van der Waals surface area contributed by atoms with Crippen LogP contribution in [0.4, 0.5) is 13.2 Å². The standard InChI is InChI=1S/C17H21F3N4O/c1-3-9-16(2,21)15(25)22-11-12-4-6-13(7-5-12)24-10-8-14(23-24)17(18,19)20/h4-8,10H,3,9,11,21H2,1-2H3,(H,22,25). The number of nitrogens with zero attached hydrogens (tertiary/aromatic N) is 2. The van der Waals surface area contributed by atoms with Crippen LogP contribution in [0.3, 0.4) is 0 Å². The molecule has 8 heteroatoms. The van der Waals surface area contributed by atoms with Crippen molar-refractivity contribution < 1.29 is 18.0 Å². The molecule has 5 nitrogen and oxygen atoms in total. The summed E-state index contributed by atoms with van der Waals surface area (Å²) in [5, 5.41) is 6.29. The van der Waals surface area contributed by atoms with E-state index in [1.807, 2.05) is 6.92 Å². The highest BCUT2D eigenvalue weighted by Crippen LogP contribution is 2.27. The summed E-state index contributed by atoms with van der Waals surface area (Å²) < 4.78 is 38.9. The Kier molecular flexibility index (Phi) is 5.52. The van der Waals surface area contributed by atoms with Gasteiger partial charge in [0.1, 0.15) is 0 Å².